The van der Waals surface area contributed by atoms with Gasteiger partial charge in [0, 0.05) is 17.1 Å². The number of rotatable bonds is 8. The van der Waals surface area contributed by atoms with Crippen LogP contribution >= 0.6 is 0 Å². The molecule has 0 aliphatic heterocycles. The van der Waals surface area contributed by atoms with Gasteiger partial charge in [0.15, 0.2) is 0 Å². The molecule has 0 aliphatic carbocycles. The molecular weight excluding hydrogens is 639 g/mol. The van der Waals surface area contributed by atoms with E-state index in [9.17, 15) is 0 Å². The smallest absolute Gasteiger partial charge is 0.0468 e. The molecule has 1 nitrogen and oxygen atoms in total. The van der Waals surface area contributed by atoms with Crippen LogP contribution in [0.25, 0.3) is 66.4 Å². The molecule has 250 valence electrons. The molecule has 0 bridgehead atoms. The molecule has 9 aromatic carbocycles. The minimum atomic E-state index is 1.10. The second kappa shape index (κ2) is 14.3. The van der Waals surface area contributed by atoms with Gasteiger partial charge in [-0.15, -0.1) is 0 Å². The van der Waals surface area contributed by atoms with Gasteiger partial charge in [0.2, 0.25) is 0 Å². The van der Waals surface area contributed by atoms with Crippen molar-refractivity contribution in [3.05, 3.63) is 224 Å². The van der Waals surface area contributed by atoms with E-state index in [1.807, 2.05) is 0 Å². The van der Waals surface area contributed by atoms with Gasteiger partial charge in [0.25, 0.3) is 0 Å². The summed E-state index contributed by atoms with van der Waals surface area (Å²) in [4.78, 5) is 2.37. The van der Waals surface area contributed by atoms with Crippen molar-refractivity contribution in [2.45, 2.75) is 0 Å². The Balaban J connectivity index is 1.16. The lowest BCUT2D eigenvalue weighted by atomic mass is 9.92. The second-order valence-corrected chi connectivity index (χ2v) is 13.4. The highest BCUT2D eigenvalue weighted by Crippen LogP contribution is 2.42. The molecule has 0 radical (unpaired) electrons. The van der Waals surface area contributed by atoms with Gasteiger partial charge >= 0.3 is 0 Å². The van der Waals surface area contributed by atoms with Gasteiger partial charge in [-0.05, 0) is 109 Å². The van der Waals surface area contributed by atoms with Gasteiger partial charge in [-0.25, -0.2) is 0 Å². The molecule has 0 aliphatic rings. The predicted octanol–water partition coefficient (Wildman–Crippen LogP) is 14.6. The summed E-state index contributed by atoms with van der Waals surface area (Å²) in [5.41, 5.74) is 15.3. The van der Waals surface area contributed by atoms with Crippen molar-refractivity contribution < 1.29 is 0 Å². The van der Waals surface area contributed by atoms with Crippen LogP contribution in [0, 0.1) is 0 Å². The van der Waals surface area contributed by atoms with Crippen molar-refractivity contribution >= 4 is 27.8 Å². The van der Waals surface area contributed by atoms with E-state index < -0.39 is 0 Å². The summed E-state index contributed by atoms with van der Waals surface area (Å²) in [5, 5.41) is 2.50. The van der Waals surface area contributed by atoms with Gasteiger partial charge in [-0.3, -0.25) is 0 Å². The Morgan fingerprint density at radius 3 is 1.15 bits per heavy atom. The van der Waals surface area contributed by atoms with Crippen molar-refractivity contribution in [2.75, 3.05) is 4.90 Å². The molecule has 9 aromatic rings. The quantitative estimate of drug-likeness (QED) is 0.155. The summed E-state index contributed by atoms with van der Waals surface area (Å²) < 4.78 is 0. The largest absolute Gasteiger partial charge is 0.310 e. The van der Waals surface area contributed by atoms with Crippen molar-refractivity contribution in [3.8, 4) is 55.6 Å². The van der Waals surface area contributed by atoms with Crippen LogP contribution in [0.5, 0.6) is 0 Å². The molecular formula is C52H37N. The number of fused-ring (bicyclic) bond motifs is 1. The number of hydrogen-bond donors (Lipinski definition) is 0. The minimum absolute atomic E-state index is 1.10. The van der Waals surface area contributed by atoms with Crippen LogP contribution in [-0.4, -0.2) is 0 Å². The average Bonchev–Trinajstić information content (AvgIpc) is 3.25. The second-order valence-electron chi connectivity index (χ2n) is 13.4. The molecule has 0 saturated carbocycles. The monoisotopic (exact) mass is 675 g/mol. The maximum Gasteiger partial charge on any atom is 0.0468 e. The highest BCUT2D eigenvalue weighted by molar-refractivity contribution is 5.91. The highest BCUT2D eigenvalue weighted by atomic mass is 15.1. The van der Waals surface area contributed by atoms with Crippen molar-refractivity contribution in [2.24, 2.45) is 0 Å². The molecule has 0 saturated heterocycles. The molecule has 0 unspecified atom stereocenters. The maximum absolute atomic E-state index is 2.37. The lowest BCUT2D eigenvalue weighted by molar-refractivity contribution is 1.28. The molecule has 1 heteroatoms. The van der Waals surface area contributed by atoms with Gasteiger partial charge < -0.3 is 4.90 Å². The lowest BCUT2D eigenvalue weighted by Crippen LogP contribution is -2.10. The molecule has 9 rings (SSSR count). The fraction of sp³-hybridized carbons (Fsp3) is 0. The van der Waals surface area contributed by atoms with Gasteiger partial charge in [-0.2, -0.15) is 0 Å². The normalized spacial score (nSPS) is 11.0. The first-order valence-corrected chi connectivity index (χ1v) is 18.2. The minimum Gasteiger partial charge on any atom is -0.310 e. The molecule has 0 aromatic heterocycles. The van der Waals surface area contributed by atoms with E-state index >= 15 is 0 Å². The zero-order chi connectivity index (χ0) is 35.4. The Morgan fingerprint density at radius 1 is 0.208 bits per heavy atom. The Hall–Kier alpha value is -6.96. The van der Waals surface area contributed by atoms with Gasteiger partial charge in [0.1, 0.15) is 0 Å². The van der Waals surface area contributed by atoms with Crippen LogP contribution in [-0.2, 0) is 0 Å². The maximum atomic E-state index is 2.37. The van der Waals surface area contributed by atoms with E-state index in [4.69, 9.17) is 0 Å². The summed E-state index contributed by atoms with van der Waals surface area (Å²) in [5.74, 6) is 0. The van der Waals surface area contributed by atoms with Gasteiger partial charge in [-0.1, -0.05) is 182 Å². The molecule has 0 spiro atoms. The van der Waals surface area contributed by atoms with E-state index in [1.165, 1.54) is 66.4 Å². The Morgan fingerprint density at radius 2 is 0.585 bits per heavy atom. The fourth-order valence-corrected chi connectivity index (χ4v) is 7.31. The zero-order valence-electron chi connectivity index (χ0n) is 29.3. The number of nitrogens with zero attached hydrogens (tertiary/aromatic N) is 1. The van der Waals surface area contributed by atoms with Gasteiger partial charge in [0.05, 0.1) is 0 Å². The van der Waals surface area contributed by atoms with Crippen LogP contribution in [0.4, 0.5) is 17.1 Å². The first-order valence-electron chi connectivity index (χ1n) is 18.2. The first kappa shape index (κ1) is 32.0. The number of hydrogen-bond acceptors (Lipinski definition) is 1. The Labute approximate surface area is 311 Å². The van der Waals surface area contributed by atoms with Crippen LogP contribution in [0.1, 0.15) is 0 Å². The highest BCUT2D eigenvalue weighted by Gasteiger charge is 2.17. The molecule has 0 heterocycles. The fourth-order valence-electron chi connectivity index (χ4n) is 7.31. The van der Waals surface area contributed by atoms with Crippen molar-refractivity contribution in [1.82, 2.24) is 0 Å². The SMILES string of the molecule is c1ccc(-c2ccc(-c3cc(N(c4ccc(-c5ccccc5)cc4)c4ccc(-c5ccc6ccccc6c5)cc4)ccc3-c3ccccc3)cc2)cc1. The van der Waals surface area contributed by atoms with Crippen molar-refractivity contribution in [3.63, 3.8) is 0 Å². The predicted molar refractivity (Wildman–Crippen MR) is 226 cm³/mol. The summed E-state index contributed by atoms with van der Waals surface area (Å²) in [6.07, 6.45) is 0. The molecule has 0 atom stereocenters. The summed E-state index contributed by atoms with van der Waals surface area (Å²) in [6.45, 7) is 0. The molecule has 0 amide bonds. The van der Waals surface area contributed by atoms with Crippen LogP contribution < -0.4 is 4.90 Å². The average molecular weight is 676 g/mol. The van der Waals surface area contributed by atoms with E-state index in [1.54, 1.807) is 0 Å². The Bertz CT molecular complexity index is 2610. The molecule has 53 heavy (non-hydrogen) atoms. The standard InChI is InChI=1S/C52H37N/c1-4-12-38(13-5-1)41-20-23-45(24-21-41)52-37-50(34-35-51(52)44-17-8-3-9-18-44)53(48-30-26-42(27-31-48)39-14-6-2-7-15-39)49-32-28-43(29-33-49)47-25-22-40-16-10-11-19-46(40)36-47/h1-37H. The number of anilines is 3. The molecule has 0 fully saturated rings. The Kier molecular flexibility index (Phi) is 8.66. The molecule has 0 N–H and O–H groups in total. The van der Waals surface area contributed by atoms with E-state index in [0.717, 1.165) is 17.1 Å². The topological polar surface area (TPSA) is 3.24 Å². The third-order valence-electron chi connectivity index (χ3n) is 10.1. The summed E-state index contributed by atoms with van der Waals surface area (Å²) in [7, 11) is 0. The van der Waals surface area contributed by atoms with E-state index in [0.29, 0.717) is 0 Å². The van der Waals surface area contributed by atoms with Crippen LogP contribution in [0.15, 0.2) is 224 Å². The van der Waals surface area contributed by atoms with Crippen LogP contribution in [0.3, 0.4) is 0 Å². The third-order valence-corrected chi connectivity index (χ3v) is 10.1. The third kappa shape index (κ3) is 6.65. The number of benzene rings is 9. The zero-order valence-corrected chi connectivity index (χ0v) is 29.3. The van der Waals surface area contributed by atoms with Crippen LogP contribution in [0.2, 0.25) is 0 Å². The lowest BCUT2D eigenvalue weighted by Gasteiger charge is -2.27. The van der Waals surface area contributed by atoms with Crippen molar-refractivity contribution in [1.29, 1.82) is 0 Å². The summed E-state index contributed by atoms with van der Waals surface area (Å²) in [6, 6.07) is 80.9. The summed E-state index contributed by atoms with van der Waals surface area (Å²) >= 11 is 0. The van der Waals surface area contributed by atoms with E-state index in [2.05, 4.69) is 229 Å². The van der Waals surface area contributed by atoms with E-state index in [-0.39, 0.29) is 0 Å². The first-order chi connectivity index (χ1) is 26.3.